The summed E-state index contributed by atoms with van der Waals surface area (Å²) in [7, 11) is 0. The molecular weight excluding hydrogens is 430 g/mol. The summed E-state index contributed by atoms with van der Waals surface area (Å²) in [6.45, 7) is 6.84. The van der Waals surface area contributed by atoms with Gasteiger partial charge in [0.15, 0.2) is 0 Å². The number of nitrogens with zero attached hydrogens (tertiary/aromatic N) is 3. The van der Waals surface area contributed by atoms with Crippen molar-refractivity contribution in [1.29, 1.82) is 0 Å². The van der Waals surface area contributed by atoms with Crippen LogP contribution in [0.5, 0.6) is 0 Å². The van der Waals surface area contributed by atoms with Gasteiger partial charge in [-0.05, 0) is 50.7 Å². The number of nitrogens with one attached hydrogen (secondary N) is 2. The molecule has 186 valence electrons. The van der Waals surface area contributed by atoms with E-state index in [1.165, 1.54) is 12.8 Å². The van der Waals surface area contributed by atoms with Gasteiger partial charge in [-0.25, -0.2) is 4.79 Å². The lowest BCUT2D eigenvalue weighted by molar-refractivity contribution is -0.129. The average molecular weight is 470 g/mol. The second-order valence-electron chi connectivity index (χ2n) is 9.94. The van der Waals surface area contributed by atoms with Gasteiger partial charge in [0.25, 0.3) is 0 Å². The first-order valence-corrected chi connectivity index (χ1v) is 12.9. The van der Waals surface area contributed by atoms with Gasteiger partial charge in [0.1, 0.15) is 0 Å². The van der Waals surface area contributed by atoms with Gasteiger partial charge in [-0.2, -0.15) is 0 Å². The van der Waals surface area contributed by atoms with Crippen molar-refractivity contribution in [3.05, 3.63) is 29.8 Å². The monoisotopic (exact) mass is 469 g/mol. The van der Waals surface area contributed by atoms with E-state index in [-0.39, 0.29) is 23.9 Å². The Kier molecular flexibility index (Phi) is 8.43. The lowest BCUT2D eigenvalue weighted by atomic mass is 9.95. The van der Waals surface area contributed by atoms with Crippen molar-refractivity contribution in [2.75, 3.05) is 51.1 Å². The summed E-state index contributed by atoms with van der Waals surface area (Å²) in [5.41, 5.74) is 1.96. The van der Waals surface area contributed by atoms with Crippen molar-refractivity contribution in [2.24, 2.45) is 5.92 Å². The van der Waals surface area contributed by atoms with Crippen molar-refractivity contribution < 1.29 is 14.4 Å². The Morgan fingerprint density at radius 1 is 1.00 bits per heavy atom. The Morgan fingerprint density at radius 2 is 1.71 bits per heavy atom. The predicted octanol–water partition coefficient (Wildman–Crippen LogP) is 2.83. The van der Waals surface area contributed by atoms with E-state index in [1.807, 2.05) is 41.0 Å². The molecule has 2 aliphatic heterocycles. The molecule has 3 aliphatic rings. The van der Waals surface area contributed by atoms with E-state index in [1.54, 1.807) is 0 Å². The molecule has 4 rings (SSSR count). The van der Waals surface area contributed by atoms with Crippen LogP contribution in [0.3, 0.4) is 0 Å². The maximum atomic E-state index is 13.2. The van der Waals surface area contributed by atoms with E-state index in [9.17, 15) is 14.4 Å². The summed E-state index contributed by atoms with van der Waals surface area (Å²) in [6.07, 6.45) is 6.95. The van der Waals surface area contributed by atoms with Crippen molar-refractivity contribution >= 4 is 23.5 Å². The summed E-state index contributed by atoms with van der Waals surface area (Å²) >= 11 is 0. The molecule has 1 aromatic rings. The lowest BCUT2D eigenvalue weighted by Crippen LogP contribution is -2.58. The van der Waals surface area contributed by atoms with Crippen LogP contribution in [-0.2, 0) is 9.59 Å². The zero-order valence-electron chi connectivity index (χ0n) is 20.4. The topological polar surface area (TPSA) is 85.0 Å². The standard InChI is InChI=1S/C26H39N5O3/c1-20-9-11-22(12-10-20)28-26(34)31-18-16-30(17-19-31)24(21-6-2-3-7-21)25(33)27-13-5-15-29-14-4-8-23(29)32/h9-12,21,24H,2-8,13-19H2,1H3,(H,27,33)(H,28,34). The van der Waals surface area contributed by atoms with Gasteiger partial charge in [-0.15, -0.1) is 0 Å². The molecule has 1 atom stereocenters. The molecule has 1 aliphatic carbocycles. The van der Waals surface area contributed by atoms with Crippen molar-refractivity contribution in [1.82, 2.24) is 20.0 Å². The molecule has 4 amide bonds. The number of carbonyl (C=O) groups excluding carboxylic acids is 3. The van der Waals surface area contributed by atoms with Crippen LogP contribution in [0, 0.1) is 12.8 Å². The van der Waals surface area contributed by atoms with Gasteiger partial charge >= 0.3 is 6.03 Å². The van der Waals surface area contributed by atoms with Crippen LogP contribution in [0.2, 0.25) is 0 Å². The number of anilines is 1. The van der Waals surface area contributed by atoms with Gasteiger partial charge in [-0.3, -0.25) is 14.5 Å². The van der Waals surface area contributed by atoms with E-state index in [0.29, 0.717) is 45.1 Å². The molecule has 3 fully saturated rings. The maximum absolute atomic E-state index is 13.2. The third-order valence-electron chi connectivity index (χ3n) is 7.49. The molecular formula is C26H39N5O3. The highest BCUT2D eigenvalue weighted by Crippen LogP contribution is 2.31. The number of likely N-dealkylation sites (tertiary alicyclic amines) is 1. The number of benzene rings is 1. The van der Waals surface area contributed by atoms with Crippen LogP contribution >= 0.6 is 0 Å². The van der Waals surface area contributed by atoms with Crippen LogP contribution in [0.1, 0.15) is 50.5 Å². The predicted molar refractivity (Wildman–Crippen MR) is 133 cm³/mol. The first-order valence-electron chi connectivity index (χ1n) is 12.9. The van der Waals surface area contributed by atoms with Crippen molar-refractivity contribution in [3.8, 4) is 0 Å². The third-order valence-corrected chi connectivity index (χ3v) is 7.49. The van der Waals surface area contributed by atoms with Gasteiger partial charge in [0.05, 0.1) is 6.04 Å². The molecule has 8 heteroatoms. The number of hydrogen-bond acceptors (Lipinski definition) is 4. The molecule has 1 aromatic carbocycles. The summed E-state index contributed by atoms with van der Waals surface area (Å²) in [5, 5.41) is 6.14. The fourth-order valence-corrected chi connectivity index (χ4v) is 5.52. The number of amides is 4. The Bertz CT molecular complexity index is 844. The quantitative estimate of drug-likeness (QED) is 0.574. The van der Waals surface area contributed by atoms with Crippen LogP contribution in [0.15, 0.2) is 24.3 Å². The first-order chi connectivity index (χ1) is 16.5. The molecule has 1 unspecified atom stereocenters. The Labute approximate surface area is 203 Å². The lowest BCUT2D eigenvalue weighted by Gasteiger charge is -2.40. The fourth-order valence-electron chi connectivity index (χ4n) is 5.52. The highest BCUT2D eigenvalue weighted by atomic mass is 16.2. The van der Waals surface area contributed by atoms with E-state index in [2.05, 4.69) is 15.5 Å². The number of carbonyl (C=O) groups is 3. The van der Waals surface area contributed by atoms with E-state index in [0.717, 1.165) is 50.0 Å². The van der Waals surface area contributed by atoms with E-state index < -0.39 is 0 Å². The highest BCUT2D eigenvalue weighted by molar-refractivity contribution is 5.89. The Balaban J connectivity index is 1.26. The van der Waals surface area contributed by atoms with Gasteiger partial charge in [-0.1, -0.05) is 30.5 Å². The Morgan fingerprint density at radius 3 is 2.35 bits per heavy atom. The van der Waals surface area contributed by atoms with Gasteiger partial charge in [0.2, 0.25) is 11.8 Å². The van der Waals surface area contributed by atoms with E-state index in [4.69, 9.17) is 0 Å². The minimum absolute atomic E-state index is 0.0816. The maximum Gasteiger partial charge on any atom is 0.321 e. The number of hydrogen-bond donors (Lipinski definition) is 2. The molecule has 1 saturated carbocycles. The summed E-state index contributed by atoms with van der Waals surface area (Å²) in [6, 6.07) is 7.61. The number of piperazine rings is 1. The summed E-state index contributed by atoms with van der Waals surface area (Å²) in [5.74, 6) is 0.727. The summed E-state index contributed by atoms with van der Waals surface area (Å²) < 4.78 is 0. The number of urea groups is 1. The minimum atomic E-state index is -0.127. The van der Waals surface area contributed by atoms with Crippen LogP contribution < -0.4 is 10.6 Å². The number of aryl methyl sites for hydroxylation is 1. The van der Waals surface area contributed by atoms with Crippen LogP contribution in [0.25, 0.3) is 0 Å². The second-order valence-corrected chi connectivity index (χ2v) is 9.94. The third kappa shape index (κ3) is 6.29. The van der Waals surface area contributed by atoms with Crippen LogP contribution in [-0.4, -0.2) is 84.4 Å². The molecule has 34 heavy (non-hydrogen) atoms. The Hall–Kier alpha value is -2.61. The zero-order valence-corrected chi connectivity index (χ0v) is 20.4. The molecule has 2 heterocycles. The normalized spacial score (nSPS) is 20.6. The zero-order chi connectivity index (χ0) is 23.9. The largest absolute Gasteiger partial charge is 0.355 e. The molecule has 0 radical (unpaired) electrons. The molecule has 0 bridgehead atoms. The van der Waals surface area contributed by atoms with Crippen LogP contribution in [0.4, 0.5) is 10.5 Å². The van der Waals surface area contributed by atoms with Crippen molar-refractivity contribution in [3.63, 3.8) is 0 Å². The fraction of sp³-hybridized carbons (Fsp3) is 0.654. The van der Waals surface area contributed by atoms with Gasteiger partial charge < -0.3 is 20.4 Å². The first kappa shape index (κ1) is 24.5. The molecule has 0 aromatic heterocycles. The average Bonchev–Trinajstić information content (AvgIpc) is 3.51. The molecule has 2 saturated heterocycles. The van der Waals surface area contributed by atoms with Crippen molar-refractivity contribution in [2.45, 2.75) is 57.9 Å². The second kappa shape index (κ2) is 11.7. The van der Waals surface area contributed by atoms with E-state index >= 15 is 0 Å². The highest BCUT2D eigenvalue weighted by Gasteiger charge is 2.37. The van der Waals surface area contributed by atoms with Gasteiger partial charge in [0, 0.05) is 57.9 Å². The molecule has 8 nitrogen and oxygen atoms in total. The smallest absolute Gasteiger partial charge is 0.321 e. The molecule has 2 N–H and O–H groups in total. The number of rotatable bonds is 8. The SMILES string of the molecule is Cc1ccc(NC(=O)N2CCN(C(C(=O)NCCCN3CCCC3=O)C3CCCC3)CC2)cc1. The minimum Gasteiger partial charge on any atom is -0.355 e. The summed E-state index contributed by atoms with van der Waals surface area (Å²) in [4.78, 5) is 43.8. The molecule has 0 spiro atoms.